The van der Waals surface area contributed by atoms with E-state index in [4.69, 9.17) is 0 Å². The first-order valence-electron chi connectivity index (χ1n) is 11.8. The van der Waals surface area contributed by atoms with Gasteiger partial charge in [0.15, 0.2) is 0 Å². The van der Waals surface area contributed by atoms with Crippen LogP contribution >= 0.6 is 23.1 Å². The van der Waals surface area contributed by atoms with Gasteiger partial charge in [-0.1, -0.05) is 6.07 Å². The maximum Gasteiger partial charge on any atom is 0.290 e. The van der Waals surface area contributed by atoms with Crippen LogP contribution in [0, 0.1) is 12.8 Å². The predicted octanol–water partition coefficient (Wildman–Crippen LogP) is 5.12. The second kappa shape index (κ2) is 10.8. The van der Waals surface area contributed by atoms with Crippen LogP contribution in [0.25, 0.3) is 16.6 Å². The maximum absolute atomic E-state index is 11.8. The zero-order chi connectivity index (χ0) is 24.2. The summed E-state index contributed by atoms with van der Waals surface area (Å²) in [4.78, 5) is 39.7. The Hall–Kier alpha value is -2.88. The van der Waals surface area contributed by atoms with E-state index in [0.29, 0.717) is 22.6 Å². The second-order valence-corrected chi connectivity index (χ2v) is 11.3. The summed E-state index contributed by atoms with van der Waals surface area (Å²) < 4.78 is 0. The van der Waals surface area contributed by atoms with Crippen LogP contribution in [0.2, 0.25) is 0 Å². The van der Waals surface area contributed by atoms with Crippen molar-refractivity contribution in [1.82, 2.24) is 25.6 Å². The van der Waals surface area contributed by atoms with Gasteiger partial charge in [0, 0.05) is 36.3 Å². The van der Waals surface area contributed by atoms with Gasteiger partial charge < -0.3 is 5.32 Å². The third-order valence-corrected chi connectivity index (χ3v) is 8.23. The molecule has 0 bridgehead atoms. The Balaban J connectivity index is 1.14. The molecular formula is C26H27N5O2S2. The minimum atomic E-state index is -0.366. The zero-order valence-corrected chi connectivity index (χ0v) is 21.1. The van der Waals surface area contributed by atoms with Crippen LogP contribution in [0.1, 0.15) is 47.6 Å². The van der Waals surface area contributed by atoms with Crippen molar-refractivity contribution in [2.75, 3.05) is 0 Å². The number of carbonyl (C=O) groups excluding carboxylic acids is 2. The Morgan fingerprint density at radius 3 is 2.69 bits per heavy atom. The summed E-state index contributed by atoms with van der Waals surface area (Å²) in [6, 6.07) is 10.7. The molecule has 35 heavy (non-hydrogen) atoms. The molecule has 5 rings (SSSR count). The number of pyridine rings is 1. The van der Waals surface area contributed by atoms with Gasteiger partial charge in [-0.05, 0) is 86.2 Å². The number of thiophene rings is 1. The third kappa shape index (κ3) is 6.04. The quantitative estimate of drug-likeness (QED) is 0.430. The maximum atomic E-state index is 11.8. The van der Waals surface area contributed by atoms with Crippen molar-refractivity contribution >= 4 is 40.3 Å². The fourth-order valence-corrected chi connectivity index (χ4v) is 6.16. The minimum absolute atomic E-state index is 0.345. The standard InChI is InChI=1S/C26H27N5O2S2/c1-16-4-9-21(34-16)24-18(3-2-11-28-24)15-29-19-7-5-17(6-8-19)13-23-27-12-10-20(30-23)14-22-25(32)31-26(33)35-22/h2-4,9-12,14,17,19,29H,5-8,13,15H2,1H3,(H,31,32,33)/b22-14-. The summed E-state index contributed by atoms with van der Waals surface area (Å²) >= 11 is 2.69. The van der Waals surface area contributed by atoms with Gasteiger partial charge in [-0.3, -0.25) is 19.9 Å². The number of aryl methyl sites for hydroxylation is 1. The van der Waals surface area contributed by atoms with Gasteiger partial charge in [-0.2, -0.15) is 0 Å². The van der Waals surface area contributed by atoms with Crippen LogP contribution in [0.15, 0.2) is 47.6 Å². The molecular weight excluding hydrogens is 478 g/mol. The van der Waals surface area contributed by atoms with Gasteiger partial charge in [-0.15, -0.1) is 11.3 Å². The van der Waals surface area contributed by atoms with E-state index >= 15 is 0 Å². The second-order valence-electron chi connectivity index (χ2n) is 8.97. The lowest BCUT2D eigenvalue weighted by atomic mass is 9.84. The molecule has 1 aliphatic heterocycles. The number of carbonyl (C=O) groups is 2. The number of nitrogens with zero attached hydrogens (tertiary/aromatic N) is 3. The molecule has 3 aromatic heterocycles. The topological polar surface area (TPSA) is 96.9 Å². The number of imide groups is 1. The highest BCUT2D eigenvalue weighted by Gasteiger charge is 2.26. The van der Waals surface area contributed by atoms with Crippen LogP contribution in [0.5, 0.6) is 0 Å². The molecule has 7 nitrogen and oxygen atoms in total. The van der Waals surface area contributed by atoms with Gasteiger partial charge in [0.2, 0.25) is 0 Å². The van der Waals surface area contributed by atoms with Crippen molar-refractivity contribution in [3.05, 3.63) is 69.6 Å². The van der Waals surface area contributed by atoms with E-state index in [-0.39, 0.29) is 11.1 Å². The third-order valence-electron chi connectivity index (χ3n) is 6.41. The fraction of sp³-hybridized carbons (Fsp3) is 0.346. The van der Waals surface area contributed by atoms with E-state index in [1.807, 2.05) is 12.3 Å². The van der Waals surface area contributed by atoms with Crippen LogP contribution in [0.3, 0.4) is 0 Å². The first kappa shape index (κ1) is 23.8. The molecule has 1 saturated heterocycles. The fourth-order valence-electron chi connectivity index (χ4n) is 4.60. The number of aromatic nitrogens is 3. The lowest BCUT2D eigenvalue weighted by Crippen LogP contribution is -2.33. The zero-order valence-electron chi connectivity index (χ0n) is 19.5. The molecule has 3 aromatic rings. The summed E-state index contributed by atoms with van der Waals surface area (Å²) in [7, 11) is 0. The normalized spacial score (nSPS) is 21.5. The van der Waals surface area contributed by atoms with E-state index in [2.05, 4.69) is 50.7 Å². The minimum Gasteiger partial charge on any atom is -0.310 e. The van der Waals surface area contributed by atoms with Gasteiger partial charge in [0.05, 0.1) is 21.2 Å². The summed E-state index contributed by atoms with van der Waals surface area (Å²) in [5, 5.41) is 5.68. The number of rotatable bonds is 7. The van der Waals surface area contributed by atoms with Crippen LogP contribution in [0.4, 0.5) is 4.79 Å². The molecule has 1 saturated carbocycles. The van der Waals surface area contributed by atoms with Gasteiger partial charge in [0.25, 0.3) is 11.1 Å². The van der Waals surface area contributed by atoms with Crippen molar-refractivity contribution in [2.45, 2.75) is 51.6 Å². The molecule has 2 amide bonds. The highest BCUT2D eigenvalue weighted by Crippen LogP contribution is 2.30. The number of hydrogen-bond donors (Lipinski definition) is 2. The number of hydrogen-bond acceptors (Lipinski definition) is 8. The predicted molar refractivity (Wildman–Crippen MR) is 140 cm³/mol. The lowest BCUT2D eigenvalue weighted by molar-refractivity contribution is -0.115. The van der Waals surface area contributed by atoms with Crippen LogP contribution in [-0.4, -0.2) is 32.1 Å². The van der Waals surface area contributed by atoms with Crippen molar-refractivity contribution in [3.63, 3.8) is 0 Å². The molecule has 4 heterocycles. The monoisotopic (exact) mass is 505 g/mol. The van der Waals surface area contributed by atoms with E-state index in [0.717, 1.165) is 61.9 Å². The molecule has 9 heteroatoms. The van der Waals surface area contributed by atoms with E-state index < -0.39 is 0 Å². The summed E-state index contributed by atoms with van der Waals surface area (Å²) in [5.74, 6) is 0.969. The number of thioether (sulfide) groups is 1. The summed E-state index contributed by atoms with van der Waals surface area (Å²) in [5.41, 5.74) is 2.98. The van der Waals surface area contributed by atoms with Crippen molar-refractivity contribution in [3.8, 4) is 10.6 Å². The molecule has 0 aromatic carbocycles. The largest absolute Gasteiger partial charge is 0.310 e. The smallest absolute Gasteiger partial charge is 0.290 e. The van der Waals surface area contributed by atoms with E-state index in [9.17, 15) is 9.59 Å². The van der Waals surface area contributed by atoms with E-state index in [1.165, 1.54) is 15.3 Å². The SMILES string of the molecule is Cc1ccc(-c2ncccc2CNC2CCC(Cc3nccc(/C=C4\SC(=O)NC4=O)n3)CC2)s1. The molecule has 0 spiro atoms. The number of amides is 2. The molecule has 1 aliphatic carbocycles. The Labute approximate surface area is 212 Å². The highest BCUT2D eigenvalue weighted by atomic mass is 32.2. The summed E-state index contributed by atoms with van der Waals surface area (Å²) in [6.45, 7) is 2.95. The average molecular weight is 506 g/mol. The van der Waals surface area contributed by atoms with Crippen molar-refractivity contribution < 1.29 is 9.59 Å². The first-order chi connectivity index (χ1) is 17.0. The molecule has 2 aliphatic rings. The number of nitrogens with one attached hydrogen (secondary N) is 2. The molecule has 180 valence electrons. The average Bonchev–Trinajstić information content (AvgIpc) is 3.43. The van der Waals surface area contributed by atoms with E-state index in [1.54, 1.807) is 29.7 Å². The van der Waals surface area contributed by atoms with Crippen molar-refractivity contribution in [1.29, 1.82) is 0 Å². The highest BCUT2D eigenvalue weighted by molar-refractivity contribution is 8.18. The van der Waals surface area contributed by atoms with Gasteiger partial charge >= 0.3 is 0 Å². The Bertz CT molecular complexity index is 1260. The molecule has 2 N–H and O–H groups in total. The Kier molecular flexibility index (Phi) is 7.36. The van der Waals surface area contributed by atoms with Gasteiger partial charge in [-0.25, -0.2) is 9.97 Å². The summed E-state index contributed by atoms with van der Waals surface area (Å²) in [6.07, 6.45) is 10.6. The molecule has 0 radical (unpaired) electrons. The first-order valence-corrected chi connectivity index (χ1v) is 13.5. The Morgan fingerprint density at radius 2 is 1.94 bits per heavy atom. The van der Waals surface area contributed by atoms with Crippen molar-refractivity contribution in [2.24, 2.45) is 5.92 Å². The van der Waals surface area contributed by atoms with Crippen LogP contribution < -0.4 is 10.6 Å². The van der Waals surface area contributed by atoms with Gasteiger partial charge in [0.1, 0.15) is 5.82 Å². The molecule has 0 atom stereocenters. The van der Waals surface area contributed by atoms with Crippen LogP contribution in [-0.2, 0) is 17.8 Å². The molecule has 0 unspecified atom stereocenters. The molecule has 2 fully saturated rings. The Morgan fingerprint density at radius 1 is 1.09 bits per heavy atom. The lowest BCUT2D eigenvalue weighted by Gasteiger charge is -2.29.